The van der Waals surface area contributed by atoms with Crippen LogP contribution in [0.15, 0.2) is 24.3 Å². The third kappa shape index (κ3) is 50.9. The first kappa shape index (κ1) is 59.4. The number of hydrogen-bond donors (Lipinski definition) is 1. The fraction of sp³-hybridized carbons (Fsp3) is 0.893. The van der Waals surface area contributed by atoms with Gasteiger partial charge >= 0.3 is 11.9 Å². The van der Waals surface area contributed by atoms with Crippen molar-refractivity contribution < 1.29 is 24.2 Å². The second kappa shape index (κ2) is 52.7. The zero-order chi connectivity index (χ0) is 44.2. The van der Waals surface area contributed by atoms with E-state index in [1.54, 1.807) is 0 Å². The van der Waals surface area contributed by atoms with Gasteiger partial charge in [-0.1, -0.05) is 269 Å². The predicted molar refractivity (Wildman–Crippen MR) is 265 cm³/mol. The molecule has 0 aromatic carbocycles. The summed E-state index contributed by atoms with van der Waals surface area (Å²) in [5.74, 6) is -0.578. The summed E-state index contributed by atoms with van der Waals surface area (Å²) >= 11 is 0. The normalized spacial score (nSPS) is 12.2. The van der Waals surface area contributed by atoms with Crippen LogP contribution >= 0.6 is 0 Å². The molecule has 0 aromatic rings. The summed E-state index contributed by atoms with van der Waals surface area (Å²) in [5, 5.41) is 9.63. The van der Waals surface area contributed by atoms with Gasteiger partial charge in [0, 0.05) is 12.8 Å². The van der Waals surface area contributed by atoms with Gasteiger partial charge in [-0.15, -0.1) is 0 Å². The summed E-state index contributed by atoms with van der Waals surface area (Å²) in [6.07, 6.45) is 65.8. The number of unbranched alkanes of at least 4 members (excludes halogenated alkanes) is 39. The van der Waals surface area contributed by atoms with Crippen molar-refractivity contribution in [1.82, 2.24) is 0 Å². The average Bonchev–Trinajstić information content (AvgIpc) is 3.26. The molecule has 0 bridgehead atoms. The van der Waals surface area contributed by atoms with Gasteiger partial charge in [-0.3, -0.25) is 9.59 Å². The van der Waals surface area contributed by atoms with Gasteiger partial charge < -0.3 is 14.6 Å². The molecule has 0 fully saturated rings. The zero-order valence-corrected chi connectivity index (χ0v) is 41.2. The quantitative estimate of drug-likeness (QED) is 0.0375. The Kier molecular flexibility index (Phi) is 51.3. The van der Waals surface area contributed by atoms with Crippen LogP contribution in [0.3, 0.4) is 0 Å². The van der Waals surface area contributed by atoms with Gasteiger partial charge in [-0.2, -0.15) is 0 Å². The first-order valence-electron chi connectivity index (χ1n) is 27.4. The molecule has 0 aromatic heterocycles. The predicted octanol–water partition coefficient (Wildman–Crippen LogP) is 18.1. The van der Waals surface area contributed by atoms with E-state index in [4.69, 9.17) is 9.47 Å². The Labute approximate surface area is 381 Å². The van der Waals surface area contributed by atoms with Crippen molar-refractivity contribution in [2.75, 3.05) is 13.2 Å². The maximum absolute atomic E-state index is 12.3. The highest BCUT2D eigenvalue weighted by molar-refractivity contribution is 5.70. The molecular formula is C56H106O5. The lowest BCUT2D eigenvalue weighted by molar-refractivity contribution is -0.161. The first-order chi connectivity index (χ1) is 30.1. The number of ether oxygens (including phenoxy) is 2. The van der Waals surface area contributed by atoms with E-state index in [1.807, 2.05) is 0 Å². The average molecular weight is 859 g/mol. The molecule has 5 heteroatoms. The van der Waals surface area contributed by atoms with Crippen LogP contribution in [0.1, 0.15) is 303 Å². The number of carbonyl (C=O) groups is 2. The van der Waals surface area contributed by atoms with Crippen molar-refractivity contribution in [2.45, 2.75) is 309 Å². The van der Waals surface area contributed by atoms with E-state index in [1.165, 1.54) is 238 Å². The van der Waals surface area contributed by atoms with E-state index in [9.17, 15) is 14.7 Å². The monoisotopic (exact) mass is 859 g/mol. The van der Waals surface area contributed by atoms with Crippen molar-refractivity contribution in [2.24, 2.45) is 0 Å². The second-order valence-electron chi connectivity index (χ2n) is 18.7. The van der Waals surface area contributed by atoms with Gasteiger partial charge in [0.25, 0.3) is 0 Å². The second-order valence-corrected chi connectivity index (χ2v) is 18.7. The Morgan fingerprint density at radius 1 is 0.377 bits per heavy atom. The summed E-state index contributed by atoms with van der Waals surface area (Å²) in [6, 6.07) is 0. The maximum atomic E-state index is 12.3. The SMILES string of the molecule is CCCCC/C=C\C/C=C\CCCCCCCCCCCC(=O)OC(CO)COC(=O)CCCCCCCCCCCCCCCCCCCCCCCCCCCCCC. The van der Waals surface area contributed by atoms with E-state index in [2.05, 4.69) is 38.2 Å². The molecule has 0 rings (SSSR count). The molecule has 0 amide bonds. The number of esters is 2. The number of hydrogen-bond acceptors (Lipinski definition) is 5. The van der Waals surface area contributed by atoms with Gasteiger partial charge in [0.1, 0.15) is 6.61 Å². The smallest absolute Gasteiger partial charge is 0.306 e. The summed E-state index contributed by atoms with van der Waals surface area (Å²) in [5.41, 5.74) is 0. The summed E-state index contributed by atoms with van der Waals surface area (Å²) in [4.78, 5) is 24.5. The van der Waals surface area contributed by atoms with Crippen LogP contribution in [0, 0.1) is 0 Å². The number of allylic oxidation sites excluding steroid dienone is 4. The molecule has 0 spiro atoms. The molecule has 0 radical (unpaired) electrons. The van der Waals surface area contributed by atoms with Crippen LogP contribution in [0.4, 0.5) is 0 Å². The third-order valence-corrected chi connectivity index (χ3v) is 12.5. The fourth-order valence-electron chi connectivity index (χ4n) is 8.35. The summed E-state index contributed by atoms with van der Waals surface area (Å²) < 4.78 is 10.7. The minimum Gasteiger partial charge on any atom is -0.462 e. The largest absolute Gasteiger partial charge is 0.462 e. The Hall–Kier alpha value is -1.62. The van der Waals surface area contributed by atoms with Crippen LogP contribution in [0.5, 0.6) is 0 Å². The molecule has 1 atom stereocenters. The Bertz CT molecular complexity index is 928. The number of aliphatic hydroxyl groups is 1. The lowest BCUT2D eigenvalue weighted by Crippen LogP contribution is -2.28. The lowest BCUT2D eigenvalue weighted by Gasteiger charge is -2.15. The number of aliphatic hydroxyl groups excluding tert-OH is 1. The Morgan fingerprint density at radius 2 is 0.656 bits per heavy atom. The molecule has 0 saturated heterocycles. The summed E-state index contributed by atoms with van der Waals surface area (Å²) in [6.45, 7) is 4.16. The van der Waals surface area contributed by atoms with Gasteiger partial charge in [0.2, 0.25) is 0 Å². The molecule has 61 heavy (non-hydrogen) atoms. The van der Waals surface area contributed by atoms with E-state index in [0.29, 0.717) is 12.8 Å². The Morgan fingerprint density at radius 3 is 1.00 bits per heavy atom. The molecule has 0 heterocycles. The van der Waals surface area contributed by atoms with Gasteiger partial charge in [-0.25, -0.2) is 0 Å². The van der Waals surface area contributed by atoms with Crippen molar-refractivity contribution in [1.29, 1.82) is 0 Å². The zero-order valence-electron chi connectivity index (χ0n) is 41.2. The van der Waals surface area contributed by atoms with Crippen molar-refractivity contribution in [3.63, 3.8) is 0 Å². The van der Waals surface area contributed by atoms with Crippen LogP contribution in [-0.2, 0) is 19.1 Å². The summed E-state index contributed by atoms with van der Waals surface area (Å²) in [7, 11) is 0. The van der Waals surface area contributed by atoms with E-state index < -0.39 is 6.10 Å². The molecule has 5 nitrogen and oxygen atoms in total. The van der Waals surface area contributed by atoms with E-state index in [-0.39, 0.29) is 25.2 Å². The molecule has 1 unspecified atom stereocenters. The third-order valence-electron chi connectivity index (χ3n) is 12.5. The molecule has 0 saturated carbocycles. The highest BCUT2D eigenvalue weighted by atomic mass is 16.6. The van der Waals surface area contributed by atoms with Crippen LogP contribution in [-0.4, -0.2) is 36.4 Å². The van der Waals surface area contributed by atoms with E-state index >= 15 is 0 Å². The van der Waals surface area contributed by atoms with Gasteiger partial charge in [0.15, 0.2) is 6.10 Å². The fourth-order valence-corrected chi connectivity index (χ4v) is 8.35. The standard InChI is InChI=1S/C56H106O5/c1-3-5-7-9-11-13-15-17-19-21-23-24-25-26-27-28-29-30-31-33-34-36-38-40-42-44-46-48-50-55(58)60-53-54(52-57)61-56(59)51-49-47-45-43-41-39-37-35-32-22-20-18-16-14-12-10-8-6-4-2/h12,14,18,20,54,57H,3-11,13,15-17,19,21-53H2,1-2H3/b14-12-,20-18-. The minimum atomic E-state index is -0.771. The van der Waals surface area contributed by atoms with Crippen LogP contribution in [0.2, 0.25) is 0 Å². The van der Waals surface area contributed by atoms with Gasteiger partial charge in [-0.05, 0) is 44.9 Å². The minimum absolute atomic E-state index is 0.0621. The first-order valence-corrected chi connectivity index (χ1v) is 27.4. The topological polar surface area (TPSA) is 72.8 Å². The maximum Gasteiger partial charge on any atom is 0.306 e. The lowest BCUT2D eigenvalue weighted by atomic mass is 10.0. The highest BCUT2D eigenvalue weighted by Gasteiger charge is 2.16. The van der Waals surface area contributed by atoms with E-state index in [0.717, 1.165) is 38.5 Å². The number of carbonyl (C=O) groups excluding carboxylic acids is 2. The molecule has 360 valence electrons. The molecule has 1 N–H and O–H groups in total. The van der Waals surface area contributed by atoms with Gasteiger partial charge in [0.05, 0.1) is 6.61 Å². The van der Waals surface area contributed by atoms with Crippen molar-refractivity contribution in [3.05, 3.63) is 24.3 Å². The molecule has 0 aliphatic heterocycles. The van der Waals surface area contributed by atoms with Crippen LogP contribution in [0.25, 0.3) is 0 Å². The molecule has 0 aliphatic carbocycles. The van der Waals surface area contributed by atoms with Crippen molar-refractivity contribution >= 4 is 11.9 Å². The molecule has 0 aliphatic rings. The van der Waals surface area contributed by atoms with Crippen LogP contribution < -0.4 is 0 Å². The number of rotatable bonds is 51. The highest BCUT2D eigenvalue weighted by Crippen LogP contribution is 2.17. The van der Waals surface area contributed by atoms with Crippen molar-refractivity contribution in [3.8, 4) is 0 Å². The Balaban J connectivity index is 3.42. The molecular weight excluding hydrogens is 753 g/mol.